The van der Waals surface area contributed by atoms with Gasteiger partial charge in [-0.25, -0.2) is 4.79 Å². The summed E-state index contributed by atoms with van der Waals surface area (Å²) in [7, 11) is 0. The molecule has 0 aromatic rings. The highest BCUT2D eigenvalue weighted by Gasteiger charge is 2.50. The molecule has 2 fully saturated rings. The molecule has 2 atom stereocenters. The van der Waals surface area contributed by atoms with Crippen molar-refractivity contribution in [3.05, 3.63) is 0 Å². The van der Waals surface area contributed by atoms with Crippen molar-refractivity contribution in [1.29, 1.82) is 0 Å². The van der Waals surface area contributed by atoms with E-state index in [4.69, 9.17) is 4.74 Å². The SMILES string of the molecule is CC1CN(C(=O)OC(C)(C)C)CCC12CCNC2=O. The lowest BCUT2D eigenvalue weighted by atomic mass is 9.70. The van der Waals surface area contributed by atoms with Crippen molar-refractivity contribution in [2.75, 3.05) is 19.6 Å². The van der Waals surface area contributed by atoms with Crippen molar-refractivity contribution in [3.8, 4) is 0 Å². The van der Waals surface area contributed by atoms with E-state index >= 15 is 0 Å². The number of piperidine rings is 1. The molecule has 2 unspecified atom stereocenters. The molecule has 1 N–H and O–H groups in total. The Hall–Kier alpha value is -1.26. The summed E-state index contributed by atoms with van der Waals surface area (Å²) in [6.07, 6.45) is 1.35. The van der Waals surface area contributed by atoms with Crippen molar-refractivity contribution in [1.82, 2.24) is 10.2 Å². The van der Waals surface area contributed by atoms with Gasteiger partial charge in [-0.05, 0) is 39.5 Å². The average molecular weight is 268 g/mol. The van der Waals surface area contributed by atoms with Crippen molar-refractivity contribution in [2.24, 2.45) is 11.3 Å². The third-order valence-electron chi connectivity index (χ3n) is 4.23. The van der Waals surface area contributed by atoms with Gasteiger partial charge < -0.3 is 15.0 Å². The fraction of sp³-hybridized carbons (Fsp3) is 0.857. The first-order chi connectivity index (χ1) is 8.74. The molecule has 0 saturated carbocycles. The quantitative estimate of drug-likeness (QED) is 0.728. The Morgan fingerprint density at radius 3 is 2.58 bits per heavy atom. The lowest BCUT2D eigenvalue weighted by molar-refractivity contribution is -0.133. The molecule has 5 heteroatoms. The Morgan fingerprint density at radius 2 is 2.11 bits per heavy atom. The monoisotopic (exact) mass is 268 g/mol. The molecule has 1 spiro atoms. The average Bonchev–Trinajstić information content (AvgIpc) is 2.63. The van der Waals surface area contributed by atoms with Gasteiger partial charge in [0.15, 0.2) is 0 Å². The minimum Gasteiger partial charge on any atom is -0.444 e. The van der Waals surface area contributed by atoms with Crippen molar-refractivity contribution in [3.63, 3.8) is 0 Å². The Bertz CT molecular complexity index is 389. The summed E-state index contributed by atoms with van der Waals surface area (Å²) >= 11 is 0. The third kappa shape index (κ3) is 2.69. The zero-order chi connectivity index (χ0) is 14.3. The lowest BCUT2D eigenvalue weighted by Crippen LogP contribution is -2.52. The first-order valence-electron chi connectivity index (χ1n) is 7.01. The molecule has 0 aromatic carbocycles. The Balaban J connectivity index is 2.00. The number of carbonyl (C=O) groups excluding carboxylic acids is 2. The molecule has 2 aliphatic rings. The van der Waals surface area contributed by atoms with E-state index < -0.39 is 5.60 Å². The second-order valence-corrected chi connectivity index (χ2v) is 6.74. The second kappa shape index (κ2) is 4.69. The van der Waals surface area contributed by atoms with E-state index in [0.29, 0.717) is 13.1 Å². The first kappa shape index (κ1) is 14.2. The molecule has 2 rings (SSSR count). The van der Waals surface area contributed by atoms with Crippen molar-refractivity contribution >= 4 is 12.0 Å². The van der Waals surface area contributed by atoms with Crippen molar-refractivity contribution < 1.29 is 14.3 Å². The summed E-state index contributed by atoms with van der Waals surface area (Å²) in [5.41, 5.74) is -0.737. The number of carbonyl (C=O) groups is 2. The number of ether oxygens (including phenoxy) is 1. The summed E-state index contributed by atoms with van der Waals surface area (Å²) < 4.78 is 5.39. The number of hydrogen-bond acceptors (Lipinski definition) is 3. The first-order valence-corrected chi connectivity index (χ1v) is 7.01. The van der Waals surface area contributed by atoms with Crippen LogP contribution in [0.3, 0.4) is 0 Å². The zero-order valence-electron chi connectivity index (χ0n) is 12.3. The maximum Gasteiger partial charge on any atom is 0.410 e. The molecule has 0 aromatic heterocycles. The van der Waals surface area contributed by atoms with E-state index in [2.05, 4.69) is 12.2 Å². The van der Waals surface area contributed by atoms with Crippen LogP contribution in [0.5, 0.6) is 0 Å². The molecular formula is C14H24N2O3. The summed E-state index contributed by atoms with van der Waals surface area (Å²) in [5, 5.41) is 2.92. The van der Waals surface area contributed by atoms with Gasteiger partial charge in [-0.3, -0.25) is 4.79 Å². The van der Waals surface area contributed by atoms with Gasteiger partial charge in [0.25, 0.3) is 0 Å². The van der Waals surface area contributed by atoms with Gasteiger partial charge >= 0.3 is 6.09 Å². The van der Waals surface area contributed by atoms with E-state index in [9.17, 15) is 9.59 Å². The number of amides is 2. The van der Waals surface area contributed by atoms with Crippen LogP contribution in [-0.4, -0.2) is 42.1 Å². The van der Waals surface area contributed by atoms with Crippen LogP contribution in [-0.2, 0) is 9.53 Å². The van der Waals surface area contributed by atoms with Gasteiger partial charge in [0, 0.05) is 19.6 Å². The molecule has 2 heterocycles. The topological polar surface area (TPSA) is 58.6 Å². The summed E-state index contributed by atoms with van der Waals surface area (Å²) in [6.45, 7) is 9.62. The molecule has 2 aliphatic heterocycles. The van der Waals surface area contributed by atoms with Crippen LogP contribution in [0.2, 0.25) is 0 Å². The van der Waals surface area contributed by atoms with Gasteiger partial charge in [0.1, 0.15) is 5.60 Å². The zero-order valence-corrected chi connectivity index (χ0v) is 12.3. The number of likely N-dealkylation sites (tertiary alicyclic amines) is 1. The van der Waals surface area contributed by atoms with E-state index in [-0.39, 0.29) is 23.3 Å². The third-order valence-corrected chi connectivity index (χ3v) is 4.23. The standard InChI is InChI=1S/C14H24N2O3/c1-10-9-16(12(18)19-13(2,3)4)8-6-14(10)5-7-15-11(14)17/h10H,5-9H2,1-4H3,(H,15,17). The minimum atomic E-state index is -0.472. The highest BCUT2D eigenvalue weighted by molar-refractivity contribution is 5.85. The molecule has 0 radical (unpaired) electrons. The van der Waals surface area contributed by atoms with Crippen LogP contribution in [0.4, 0.5) is 4.79 Å². The smallest absolute Gasteiger partial charge is 0.410 e. The second-order valence-electron chi connectivity index (χ2n) is 6.74. The van der Waals surface area contributed by atoms with Gasteiger partial charge in [0.05, 0.1) is 5.41 Å². The van der Waals surface area contributed by atoms with Crippen LogP contribution in [0.15, 0.2) is 0 Å². The predicted molar refractivity (Wildman–Crippen MR) is 71.6 cm³/mol. The summed E-state index contributed by atoms with van der Waals surface area (Å²) in [4.78, 5) is 25.8. The maximum atomic E-state index is 12.0. The van der Waals surface area contributed by atoms with Crippen LogP contribution in [0.25, 0.3) is 0 Å². The summed E-state index contributed by atoms with van der Waals surface area (Å²) in [6, 6.07) is 0. The van der Waals surface area contributed by atoms with E-state index in [1.54, 1.807) is 4.90 Å². The molecule has 5 nitrogen and oxygen atoms in total. The highest BCUT2D eigenvalue weighted by Crippen LogP contribution is 2.42. The number of rotatable bonds is 0. The number of nitrogens with one attached hydrogen (secondary N) is 1. The molecule has 2 saturated heterocycles. The van der Waals surface area contributed by atoms with Crippen LogP contribution < -0.4 is 5.32 Å². The Labute approximate surface area is 114 Å². The van der Waals surface area contributed by atoms with Gasteiger partial charge in [-0.15, -0.1) is 0 Å². The van der Waals surface area contributed by atoms with Crippen LogP contribution in [0, 0.1) is 11.3 Å². The van der Waals surface area contributed by atoms with Gasteiger partial charge in [-0.1, -0.05) is 6.92 Å². The largest absolute Gasteiger partial charge is 0.444 e. The van der Waals surface area contributed by atoms with Gasteiger partial charge in [-0.2, -0.15) is 0 Å². The number of nitrogens with zero attached hydrogens (tertiary/aromatic N) is 1. The molecular weight excluding hydrogens is 244 g/mol. The molecule has 19 heavy (non-hydrogen) atoms. The molecule has 108 valence electrons. The Morgan fingerprint density at radius 1 is 1.42 bits per heavy atom. The van der Waals surface area contributed by atoms with E-state index in [0.717, 1.165) is 19.4 Å². The van der Waals surface area contributed by atoms with Gasteiger partial charge in [0.2, 0.25) is 5.91 Å². The molecule has 2 amide bonds. The predicted octanol–water partition coefficient (Wildman–Crippen LogP) is 1.77. The molecule has 0 bridgehead atoms. The van der Waals surface area contributed by atoms with Crippen LogP contribution in [0.1, 0.15) is 40.5 Å². The van der Waals surface area contributed by atoms with E-state index in [1.165, 1.54) is 0 Å². The normalized spacial score (nSPS) is 31.5. The Kier molecular flexibility index (Phi) is 3.49. The van der Waals surface area contributed by atoms with Crippen LogP contribution >= 0.6 is 0 Å². The van der Waals surface area contributed by atoms with Crippen molar-refractivity contribution in [2.45, 2.75) is 46.1 Å². The van der Waals surface area contributed by atoms with E-state index in [1.807, 2.05) is 20.8 Å². The lowest BCUT2D eigenvalue weighted by Gasteiger charge is -2.42. The summed E-state index contributed by atoms with van der Waals surface area (Å²) in [5.74, 6) is 0.333. The minimum absolute atomic E-state index is 0.156. The highest BCUT2D eigenvalue weighted by atomic mass is 16.6. The maximum absolute atomic E-state index is 12.0. The fourth-order valence-electron chi connectivity index (χ4n) is 3.07. The molecule has 0 aliphatic carbocycles. The number of hydrogen-bond donors (Lipinski definition) is 1. The fourth-order valence-corrected chi connectivity index (χ4v) is 3.07.